The molecule has 1 heterocycles. The predicted molar refractivity (Wildman–Crippen MR) is 49.0 cm³/mol. The third-order valence-corrected chi connectivity index (χ3v) is 2.67. The van der Waals surface area contributed by atoms with E-state index in [0.717, 1.165) is 19.6 Å². The molecule has 4 heteroatoms. The zero-order valence-electron chi connectivity index (χ0n) is 8.26. The van der Waals surface area contributed by atoms with Gasteiger partial charge in [-0.15, -0.1) is 0 Å². The van der Waals surface area contributed by atoms with Gasteiger partial charge in [0.15, 0.2) is 0 Å². The van der Waals surface area contributed by atoms with E-state index in [-0.39, 0.29) is 6.54 Å². The highest BCUT2D eigenvalue weighted by molar-refractivity contribution is 4.79. The normalized spacial score (nSPS) is 29.1. The summed E-state index contributed by atoms with van der Waals surface area (Å²) in [6.07, 6.45) is -2.21. The molecule has 1 rings (SSSR count). The summed E-state index contributed by atoms with van der Waals surface area (Å²) >= 11 is 0. The summed E-state index contributed by atoms with van der Waals surface area (Å²) in [7, 11) is 1.76. The third kappa shape index (κ3) is 3.56. The highest BCUT2D eigenvalue weighted by Crippen LogP contribution is 2.16. The molecule has 1 aliphatic heterocycles. The lowest BCUT2D eigenvalue weighted by molar-refractivity contribution is 0.0916. The van der Waals surface area contributed by atoms with E-state index in [4.69, 9.17) is 0 Å². The van der Waals surface area contributed by atoms with Crippen molar-refractivity contribution in [3.05, 3.63) is 0 Å². The standard InChI is InChI=1S/C9H18F2N2/c1-7-3-12-4-8(7)5-13(2)6-9(10)11/h7-9,12H,3-6H2,1-2H3/t7-,8+/m1/s1. The Bertz CT molecular complexity index is 153. The molecule has 78 valence electrons. The topological polar surface area (TPSA) is 15.3 Å². The lowest BCUT2D eigenvalue weighted by Gasteiger charge is -2.22. The smallest absolute Gasteiger partial charge is 0.251 e. The minimum atomic E-state index is -2.21. The molecule has 13 heavy (non-hydrogen) atoms. The van der Waals surface area contributed by atoms with Gasteiger partial charge in [0.05, 0.1) is 6.54 Å². The number of nitrogens with zero attached hydrogens (tertiary/aromatic N) is 1. The van der Waals surface area contributed by atoms with E-state index >= 15 is 0 Å². The van der Waals surface area contributed by atoms with E-state index in [1.807, 2.05) is 0 Å². The van der Waals surface area contributed by atoms with Crippen molar-refractivity contribution in [2.75, 3.05) is 33.2 Å². The molecule has 1 N–H and O–H groups in total. The quantitative estimate of drug-likeness (QED) is 0.716. The average Bonchev–Trinajstić information content (AvgIpc) is 2.34. The molecule has 0 unspecified atom stereocenters. The average molecular weight is 192 g/mol. The highest BCUT2D eigenvalue weighted by Gasteiger charge is 2.24. The van der Waals surface area contributed by atoms with Crippen molar-refractivity contribution < 1.29 is 8.78 Å². The second-order valence-electron chi connectivity index (χ2n) is 4.01. The first-order valence-corrected chi connectivity index (χ1v) is 4.77. The maximum atomic E-state index is 12.0. The Morgan fingerprint density at radius 1 is 1.46 bits per heavy atom. The molecular formula is C9H18F2N2. The van der Waals surface area contributed by atoms with Gasteiger partial charge in [-0.1, -0.05) is 6.92 Å². The summed E-state index contributed by atoms with van der Waals surface area (Å²) < 4.78 is 24.0. The molecule has 0 aromatic heterocycles. The van der Waals surface area contributed by atoms with Crippen LogP contribution in [0.25, 0.3) is 0 Å². The molecule has 0 aliphatic carbocycles. The van der Waals surface area contributed by atoms with Gasteiger partial charge in [-0.05, 0) is 32.0 Å². The summed E-state index contributed by atoms with van der Waals surface area (Å²) in [5.74, 6) is 1.14. The molecule has 1 aliphatic rings. The van der Waals surface area contributed by atoms with E-state index in [0.29, 0.717) is 11.8 Å². The molecule has 0 bridgehead atoms. The minimum Gasteiger partial charge on any atom is -0.316 e. The summed E-state index contributed by atoms with van der Waals surface area (Å²) in [4.78, 5) is 1.72. The second kappa shape index (κ2) is 4.86. The molecule has 0 spiro atoms. The van der Waals surface area contributed by atoms with Crippen molar-refractivity contribution in [2.45, 2.75) is 13.3 Å². The lowest BCUT2D eigenvalue weighted by atomic mass is 9.98. The minimum absolute atomic E-state index is 0.108. The van der Waals surface area contributed by atoms with Crippen LogP contribution >= 0.6 is 0 Å². The Morgan fingerprint density at radius 3 is 2.62 bits per heavy atom. The summed E-state index contributed by atoms with van der Waals surface area (Å²) in [5.41, 5.74) is 0. The van der Waals surface area contributed by atoms with Crippen molar-refractivity contribution in [2.24, 2.45) is 11.8 Å². The van der Waals surface area contributed by atoms with Gasteiger partial charge in [0.1, 0.15) is 0 Å². The first-order valence-electron chi connectivity index (χ1n) is 4.77. The van der Waals surface area contributed by atoms with E-state index in [9.17, 15) is 8.78 Å². The number of hydrogen-bond acceptors (Lipinski definition) is 2. The number of hydrogen-bond donors (Lipinski definition) is 1. The van der Waals surface area contributed by atoms with Crippen molar-refractivity contribution in [1.29, 1.82) is 0 Å². The first kappa shape index (κ1) is 10.9. The largest absolute Gasteiger partial charge is 0.316 e. The van der Waals surface area contributed by atoms with Crippen LogP contribution in [0.4, 0.5) is 8.78 Å². The van der Waals surface area contributed by atoms with Crippen LogP contribution in [-0.4, -0.2) is 44.6 Å². The third-order valence-electron chi connectivity index (χ3n) is 2.67. The van der Waals surface area contributed by atoms with Crippen molar-refractivity contribution in [3.8, 4) is 0 Å². The van der Waals surface area contributed by atoms with Crippen molar-refractivity contribution in [1.82, 2.24) is 10.2 Å². The first-order chi connectivity index (χ1) is 6.09. The summed E-state index contributed by atoms with van der Waals surface area (Å²) in [6.45, 7) is 4.82. The van der Waals surface area contributed by atoms with Gasteiger partial charge in [-0.2, -0.15) is 0 Å². The Morgan fingerprint density at radius 2 is 2.15 bits per heavy atom. The molecule has 2 atom stereocenters. The monoisotopic (exact) mass is 192 g/mol. The fraction of sp³-hybridized carbons (Fsp3) is 1.00. The van der Waals surface area contributed by atoms with Crippen LogP contribution in [0.15, 0.2) is 0 Å². The lowest BCUT2D eigenvalue weighted by Crippen LogP contribution is -2.32. The Balaban J connectivity index is 2.22. The molecule has 0 aromatic rings. The highest BCUT2D eigenvalue weighted by atomic mass is 19.3. The Hall–Kier alpha value is -0.220. The second-order valence-corrected chi connectivity index (χ2v) is 4.01. The fourth-order valence-corrected chi connectivity index (χ4v) is 1.82. The van der Waals surface area contributed by atoms with Crippen LogP contribution in [0, 0.1) is 11.8 Å². The Labute approximate surface area is 78.3 Å². The zero-order valence-corrected chi connectivity index (χ0v) is 8.26. The van der Waals surface area contributed by atoms with Crippen LogP contribution in [0.3, 0.4) is 0 Å². The predicted octanol–water partition coefficient (Wildman–Crippen LogP) is 1.04. The summed E-state index contributed by atoms with van der Waals surface area (Å²) in [6, 6.07) is 0. The maximum Gasteiger partial charge on any atom is 0.251 e. The molecule has 0 saturated carbocycles. The molecule has 1 fully saturated rings. The van der Waals surface area contributed by atoms with E-state index in [2.05, 4.69) is 12.2 Å². The number of rotatable bonds is 4. The van der Waals surface area contributed by atoms with E-state index in [1.54, 1.807) is 11.9 Å². The molecular weight excluding hydrogens is 174 g/mol. The number of nitrogens with one attached hydrogen (secondary N) is 1. The fourth-order valence-electron chi connectivity index (χ4n) is 1.82. The molecule has 1 saturated heterocycles. The van der Waals surface area contributed by atoms with E-state index in [1.165, 1.54) is 0 Å². The van der Waals surface area contributed by atoms with Gasteiger partial charge >= 0.3 is 0 Å². The van der Waals surface area contributed by atoms with Gasteiger partial charge < -0.3 is 10.2 Å². The maximum absolute atomic E-state index is 12.0. The van der Waals surface area contributed by atoms with Gasteiger partial charge in [-0.3, -0.25) is 0 Å². The number of alkyl halides is 2. The SMILES string of the molecule is C[C@@H]1CNC[C@H]1CN(C)CC(F)F. The Kier molecular flexibility index (Phi) is 4.06. The van der Waals surface area contributed by atoms with Crippen LogP contribution in [0.1, 0.15) is 6.92 Å². The summed E-state index contributed by atoms with van der Waals surface area (Å²) in [5, 5.41) is 3.27. The van der Waals surface area contributed by atoms with Crippen molar-refractivity contribution in [3.63, 3.8) is 0 Å². The number of halogens is 2. The molecule has 0 amide bonds. The van der Waals surface area contributed by atoms with Crippen LogP contribution < -0.4 is 5.32 Å². The van der Waals surface area contributed by atoms with Gasteiger partial charge in [0.2, 0.25) is 0 Å². The van der Waals surface area contributed by atoms with Gasteiger partial charge in [-0.25, -0.2) is 8.78 Å². The molecule has 0 aromatic carbocycles. The van der Waals surface area contributed by atoms with Crippen LogP contribution in [0.5, 0.6) is 0 Å². The molecule has 2 nitrogen and oxygen atoms in total. The van der Waals surface area contributed by atoms with Crippen LogP contribution in [0.2, 0.25) is 0 Å². The van der Waals surface area contributed by atoms with Gasteiger partial charge in [0, 0.05) is 6.54 Å². The van der Waals surface area contributed by atoms with Crippen LogP contribution in [-0.2, 0) is 0 Å². The zero-order chi connectivity index (χ0) is 9.84. The van der Waals surface area contributed by atoms with Gasteiger partial charge in [0.25, 0.3) is 6.43 Å². The van der Waals surface area contributed by atoms with E-state index < -0.39 is 6.43 Å². The van der Waals surface area contributed by atoms with Crippen molar-refractivity contribution >= 4 is 0 Å². The molecule has 0 radical (unpaired) electrons.